The average molecular weight is 258 g/mol. The number of rotatable bonds is 4. The lowest BCUT2D eigenvalue weighted by molar-refractivity contribution is -0.484. The van der Waals surface area contributed by atoms with Crippen molar-refractivity contribution in [3.63, 3.8) is 0 Å². The molecule has 1 fully saturated rings. The van der Waals surface area contributed by atoms with Gasteiger partial charge in [-0.15, -0.1) is 0 Å². The quantitative estimate of drug-likeness (QED) is 0.620. The Bertz CT molecular complexity index is 306. The molecule has 18 heavy (non-hydrogen) atoms. The number of amides is 1. The van der Waals surface area contributed by atoms with Crippen molar-refractivity contribution < 1.29 is 14.5 Å². The van der Waals surface area contributed by atoms with Gasteiger partial charge in [0.15, 0.2) is 0 Å². The van der Waals surface area contributed by atoms with Crippen molar-refractivity contribution in [2.45, 2.75) is 58.1 Å². The summed E-state index contributed by atoms with van der Waals surface area (Å²) >= 11 is 0. The summed E-state index contributed by atoms with van der Waals surface area (Å²) in [6, 6.07) is -0.419. The van der Waals surface area contributed by atoms with E-state index < -0.39 is 17.7 Å². The normalized spacial score (nSPS) is 18.4. The van der Waals surface area contributed by atoms with Crippen LogP contribution in [-0.4, -0.2) is 29.2 Å². The van der Waals surface area contributed by atoms with Crippen LogP contribution in [0.1, 0.15) is 46.5 Å². The van der Waals surface area contributed by atoms with E-state index in [4.69, 9.17) is 4.74 Å². The zero-order valence-corrected chi connectivity index (χ0v) is 11.3. The molecule has 1 aliphatic carbocycles. The summed E-state index contributed by atoms with van der Waals surface area (Å²) in [5, 5.41) is 13.3. The Hall–Kier alpha value is -1.33. The van der Waals surface area contributed by atoms with Crippen LogP contribution in [0.2, 0.25) is 0 Å². The van der Waals surface area contributed by atoms with E-state index in [1.165, 1.54) is 0 Å². The first-order valence-corrected chi connectivity index (χ1v) is 6.39. The van der Waals surface area contributed by atoms with Crippen molar-refractivity contribution in [1.82, 2.24) is 5.32 Å². The van der Waals surface area contributed by atoms with Gasteiger partial charge in [-0.2, -0.15) is 0 Å². The fourth-order valence-corrected chi connectivity index (χ4v) is 2.29. The second-order valence-corrected chi connectivity index (χ2v) is 5.81. The minimum Gasteiger partial charge on any atom is -0.444 e. The topological polar surface area (TPSA) is 81.5 Å². The summed E-state index contributed by atoms with van der Waals surface area (Å²) in [4.78, 5) is 21.9. The van der Waals surface area contributed by atoms with Crippen LogP contribution in [0.15, 0.2) is 0 Å². The number of nitrogens with zero attached hydrogens (tertiary/aromatic N) is 1. The molecule has 1 aliphatic rings. The van der Waals surface area contributed by atoms with Crippen LogP contribution in [0.3, 0.4) is 0 Å². The first-order chi connectivity index (χ1) is 8.28. The van der Waals surface area contributed by atoms with Crippen molar-refractivity contribution in [3.8, 4) is 0 Å². The van der Waals surface area contributed by atoms with E-state index >= 15 is 0 Å². The summed E-state index contributed by atoms with van der Waals surface area (Å²) in [6.45, 7) is 5.07. The molecule has 0 spiro atoms. The minimum atomic E-state index is -0.584. The first kappa shape index (κ1) is 14.7. The van der Waals surface area contributed by atoms with Gasteiger partial charge in [0.1, 0.15) is 5.60 Å². The number of carbonyl (C=O) groups is 1. The van der Waals surface area contributed by atoms with Crippen molar-refractivity contribution in [2.75, 3.05) is 6.54 Å². The molecule has 0 radical (unpaired) electrons. The Balaban J connectivity index is 2.54. The Morgan fingerprint density at radius 2 is 2.00 bits per heavy atom. The van der Waals surface area contributed by atoms with Crippen LogP contribution < -0.4 is 5.32 Å². The Morgan fingerprint density at radius 1 is 1.44 bits per heavy atom. The van der Waals surface area contributed by atoms with Crippen molar-refractivity contribution in [2.24, 2.45) is 5.92 Å². The van der Waals surface area contributed by atoms with Gasteiger partial charge in [-0.3, -0.25) is 10.1 Å². The zero-order valence-electron chi connectivity index (χ0n) is 11.3. The van der Waals surface area contributed by atoms with Crippen molar-refractivity contribution in [3.05, 3.63) is 10.1 Å². The lowest BCUT2D eigenvalue weighted by atomic mass is 9.98. The van der Waals surface area contributed by atoms with Crippen LogP contribution >= 0.6 is 0 Å². The molecule has 0 aromatic carbocycles. The predicted octanol–water partition coefficient (Wildman–Crippen LogP) is 2.35. The van der Waals surface area contributed by atoms with E-state index in [9.17, 15) is 14.9 Å². The molecule has 6 heteroatoms. The molecule has 1 saturated carbocycles. The number of nitrogens with one attached hydrogen (secondary N) is 1. The van der Waals surface area contributed by atoms with Gasteiger partial charge in [0.2, 0.25) is 6.54 Å². The van der Waals surface area contributed by atoms with Crippen LogP contribution in [0.25, 0.3) is 0 Å². The van der Waals surface area contributed by atoms with Crippen LogP contribution in [0, 0.1) is 16.0 Å². The van der Waals surface area contributed by atoms with Gasteiger partial charge in [-0.25, -0.2) is 4.79 Å². The van der Waals surface area contributed by atoms with E-state index in [1.807, 2.05) is 0 Å². The maximum absolute atomic E-state index is 11.7. The predicted molar refractivity (Wildman–Crippen MR) is 67.0 cm³/mol. The highest BCUT2D eigenvalue weighted by atomic mass is 16.6. The summed E-state index contributed by atoms with van der Waals surface area (Å²) in [5.74, 6) is 0.197. The Kier molecular flexibility index (Phi) is 4.93. The van der Waals surface area contributed by atoms with E-state index in [-0.39, 0.29) is 17.4 Å². The largest absolute Gasteiger partial charge is 0.444 e. The molecule has 104 valence electrons. The van der Waals surface area contributed by atoms with Gasteiger partial charge in [0, 0.05) is 4.92 Å². The zero-order chi connectivity index (χ0) is 13.8. The third kappa shape index (κ3) is 5.33. The molecule has 0 aromatic heterocycles. The van der Waals surface area contributed by atoms with Crippen molar-refractivity contribution >= 4 is 6.09 Å². The smallest absolute Gasteiger partial charge is 0.408 e. The number of ether oxygens (including phenoxy) is 1. The van der Waals surface area contributed by atoms with E-state index in [1.54, 1.807) is 20.8 Å². The highest BCUT2D eigenvalue weighted by molar-refractivity contribution is 5.68. The third-order valence-corrected chi connectivity index (χ3v) is 3.02. The van der Waals surface area contributed by atoms with Crippen molar-refractivity contribution in [1.29, 1.82) is 0 Å². The molecule has 0 unspecified atom stereocenters. The van der Waals surface area contributed by atoms with Gasteiger partial charge in [0.05, 0.1) is 6.04 Å². The number of alkyl carbamates (subject to hydrolysis) is 1. The van der Waals surface area contributed by atoms with Crippen LogP contribution in [-0.2, 0) is 4.74 Å². The minimum absolute atomic E-state index is 0.197. The fraction of sp³-hybridized carbons (Fsp3) is 0.917. The maximum Gasteiger partial charge on any atom is 0.408 e. The van der Waals surface area contributed by atoms with Crippen LogP contribution in [0.5, 0.6) is 0 Å². The molecule has 0 bridgehead atoms. The molecule has 0 aromatic rings. The highest BCUT2D eigenvalue weighted by Gasteiger charge is 2.31. The fourth-order valence-electron chi connectivity index (χ4n) is 2.29. The molecule has 1 atom stereocenters. The highest BCUT2D eigenvalue weighted by Crippen LogP contribution is 2.28. The Morgan fingerprint density at radius 3 is 2.44 bits per heavy atom. The average Bonchev–Trinajstić information content (AvgIpc) is 2.64. The lowest BCUT2D eigenvalue weighted by Gasteiger charge is -2.24. The summed E-state index contributed by atoms with van der Waals surface area (Å²) in [7, 11) is 0. The SMILES string of the molecule is CC(C)(C)OC(=O)N[C@@H](C[N+](=O)[O-])C1CCCC1. The summed E-state index contributed by atoms with van der Waals surface area (Å²) in [6.07, 6.45) is 3.47. The second kappa shape index (κ2) is 6.02. The molecule has 6 nitrogen and oxygen atoms in total. The number of nitro groups is 1. The van der Waals surface area contributed by atoms with Gasteiger partial charge in [-0.05, 0) is 39.5 Å². The molecule has 1 amide bonds. The monoisotopic (exact) mass is 258 g/mol. The molecule has 0 heterocycles. The molecular formula is C12H22N2O4. The number of carbonyl (C=O) groups excluding carboxylic acids is 1. The Labute approximate surface area is 107 Å². The van der Waals surface area contributed by atoms with Crippen LogP contribution in [0.4, 0.5) is 4.79 Å². The summed E-state index contributed by atoms with van der Waals surface area (Å²) in [5.41, 5.74) is -0.584. The molecular weight excluding hydrogens is 236 g/mol. The second-order valence-electron chi connectivity index (χ2n) is 5.81. The van der Waals surface area contributed by atoms with E-state index in [2.05, 4.69) is 5.32 Å². The maximum atomic E-state index is 11.7. The van der Waals surface area contributed by atoms with Gasteiger partial charge in [0.25, 0.3) is 0 Å². The summed E-state index contributed by atoms with van der Waals surface area (Å²) < 4.78 is 5.14. The van der Waals surface area contributed by atoms with Gasteiger partial charge in [-0.1, -0.05) is 12.8 Å². The van der Waals surface area contributed by atoms with Gasteiger partial charge < -0.3 is 10.1 Å². The van der Waals surface area contributed by atoms with Gasteiger partial charge >= 0.3 is 6.09 Å². The molecule has 0 saturated heterocycles. The number of hydrogen-bond donors (Lipinski definition) is 1. The van der Waals surface area contributed by atoms with E-state index in [0.29, 0.717) is 0 Å². The molecule has 1 N–H and O–H groups in total. The van der Waals surface area contributed by atoms with E-state index in [0.717, 1.165) is 25.7 Å². The first-order valence-electron chi connectivity index (χ1n) is 6.39. The lowest BCUT2D eigenvalue weighted by Crippen LogP contribution is -2.46. The third-order valence-electron chi connectivity index (χ3n) is 3.02. The molecule has 1 rings (SSSR count). The standard InChI is InChI=1S/C12H22N2O4/c1-12(2,3)18-11(15)13-10(8-14(16)17)9-6-4-5-7-9/h9-10H,4-8H2,1-3H3,(H,13,15)/t10-/m0/s1. The molecule has 0 aliphatic heterocycles. The number of hydrogen-bond acceptors (Lipinski definition) is 4.